The number of alkyl halides is 3. The van der Waals surface area contributed by atoms with Crippen LogP contribution in [0.15, 0.2) is 53.3 Å². The Bertz CT molecular complexity index is 1200. The van der Waals surface area contributed by atoms with Crippen LogP contribution < -0.4 is 11.0 Å². The quantitative estimate of drug-likeness (QED) is 0.522. The Kier molecular flexibility index (Phi) is 7.31. The summed E-state index contributed by atoms with van der Waals surface area (Å²) >= 11 is 6.29. The van der Waals surface area contributed by atoms with Gasteiger partial charge in [-0.15, -0.1) is 5.10 Å². The van der Waals surface area contributed by atoms with E-state index in [1.165, 1.54) is 16.7 Å². The summed E-state index contributed by atoms with van der Waals surface area (Å²) in [6.07, 6.45) is -4.48. The molecule has 1 atom stereocenters. The van der Waals surface area contributed by atoms with Crippen LogP contribution in [0.4, 0.5) is 13.2 Å². The van der Waals surface area contributed by atoms with Gasteiger partial charge in [0, 0.05) is 12.1 Å². The highest BCUT2D eigenvalue weighted by Gasteiger charge is 2.31. The van der Waals surface area contributed by atoms with Gasteiger partial charge < -0.3 is 5.32 Å². The first-order valence-electron chi connectivity index (χ1n) is 10.4. The van der Waals surface area contributed by atoms with Gasteiger partial charge in [0.25, 0.3) is 0 Å². The Morgan fingerprint density at radius 2 is 1.82 bits per heavy atom. The van der Waals surface area contributed by atoms with Crippen LogP contribution >= 0.6 is 11.6 Å². The Hall–Kier alpha value is -3.07. The maximum Gasteiger partial charge on any atom is 0.416 e. The van der Waals surface area contributed by atoms with E-state index in [2.05, 4.69) is 10.4 Å². The second kappa shape index (κ2) is 9.82. The topological polar surface area (TPSA) is 68.9 Å². The van der Waals surface area contributed by atoms with E-state index in [0.29, 0.717) is 28.5 Å². The molecule has 0 aliphatic rings. The maximum absolute atomic E-state index is 13.0. The predicted octanol–water partition coefficient (Wildman–Crippen LogP) is 4.92. The largest absolute Gasteiger partial charge is 0.416 e. The molecular weight excluding hydrogens is 457 g/mol. The molecule has 6 nitrogen and oxygen atoms in total. The van der Waals surface area contributed by atoms with Crippen molar-refractivity contribution in [2.45, 2.75) is 46.1 Å². The summed E-state index contributed by atoms with van der Waals surface area (Å²) in [5.74, 6) is -0.0729. The van der Waals surface area contributed by atoms with Gasteiger partial charge in [-0.2, -0.15) is 13.2 Å². The van der Waals surface area contributed by atoms with Crippen molar-refractivity contribution in [3.05, 3.63) is 75.2 Å². The van der Waals surface area contributed by atoms with Crippen LogP contribution in [0, 0.1) is 5.92 Å². The molecule has 1 heterocycles. The van der Waals surface area contributed by atoms with E-state index in [4.69, 9.17) is 11.6 Å². The zero-order valence-corrected chi connectivity index (χ0v) is 19.1. The molecular formula is C23H24ClF3N4O2. The van der Waals surface area contributed by atoms with Gasteiger partial charge in [-0.3, -0.25) is 9.36 Å². The molecule has 1 N–H and O–H groups in total. The van der Waals surface area contributed by atoms with Gasteiger partial charge in [0.15, 0.2) is 5.82 Å². The minimum absolute atomic E-state index is 0.136. The molecule has 176 valence electrons. The molecule has 1 amide bonds. The maximum atomic E-state index is 13.0. The Labute approximate surface area is 194 Å². The Morgan fingerprint density at radius 3 is 2.45 bits per heavy atom. The van der Waals surface area contributed by atoms with Gasteiger partial charge in [-0.1, -0.05) is 49.7 Å². The molecule has 0 fully saturated rings. The first-order chi connectivity index (χ1) is 15.5. The number of hydrogen-bond acceptors (Lipinski definition) is 3. The fourth-order valence-corrected chi connectivity index (χ4v) is 3.63. The monoisotopic (exact) mass is 480 g/mol. The highest BCUT2D eigenvalue weighted by molar-refractivity contribution is 6.33. The lowest BCUT2D eigenvalue weighted by Crippen LogP contribution is -2.35. The fourth-order valence-electron chi connectivity index (χ4n) is 3.41. The number of nitrogens with one attached hydrogen (secondary N) is 1. The molecule has 2 aromatic carbocycles. The van der Waals surface area contributed by atoms with E-state index in [1.54, 1.807) is 31.2 Å². The molecule has 10 heteroatoms. The molecule has 3 rings (SSSR count). The predicted molar refractivity (Wildman–Crippen MR) is 120 cm³/mol. The summed E-state index contributed by atoms with van der Waals surface area (Å²) in [6, 6.07) is 11.0. The highest BCUT2D eigenvalue weighted by atomic mass is 35.5. The smallest absolute Gasteiger partial charge is 0.348 e. The minimum atomic E-state index is -4.48. The van der Waals surface area contributed by atoms with E-state index in [9.17, 15) is 22.8 Å². The van der Waals surface area contributed by atoms with Crippen LogP contribution in [-0.4, -0.2) is 20.3 Å². The van der Waals surface area contributed by atoms with Crippen LogP contribution in [-0.2, 0) is 24.1 Å². The van der Waals surface area contributed by atoms with Crippen molar-refractivity contribution in [1.82, 2.24) is 19.7 Å². The van der Waals surface area contributed by atoms with Gasteiger partial charge in [0.2, 0.25) is 5.91 Å². The van der Waals surface area contributed by atoms with Crippen molar-refractivity contribution in [2.24, 2.45) is 5.92 Å². The van der Waals surface area contributed by atoms with Crippen LogP contribution in [0.5, 0.6) is 0 Å². The van der Waals surface area contributed by atoms with E-state index in [1.807, 2.05) is 13.8 Å². The number of rotatable bonds is 7. The van der Waals surface area contributed by atoms with Crippen molar-refractivity contribution < 1.29 is 18.0 Å². The molecule has 0 aliphatic heterocycles. The molecule has 1 aromatic heterocycles. The average molecular weight is 481 g/mol. The zero-order chi connectivity index (χ0) is 24.3. The van der Waals surface area contributed by atoms with E-state index < -0.39 is 29.4 Å². The molecule has 0 saturated carbocycles. The van der Waals surface area contributed by atoms with Crippen molar-refractivity contribution in [3.63, 3.8) is 0 Å². The van der Waals surface area contributed by atoms with Crippen LogP contribution in [0.2, 0.25) is 5.02 Å². The van der Waals surface area contributed by atoms with Gasteiger partial charge in [0.1, 0.15) is 6.54 Å². The second-order valence-corrected chi connectivity index (χ2v) is 8.57. The number of nitrogens with zero attached hydrogens (tertiary/aromatic N) is 3. The van der Waals surface area contributed by atoms with Crippen molar-refractivity contribution >= 4 is 17.5 Å². The Morgan fingerprint density at radius 1 is 1.12 bits per heavy atom. The standard InChI is InChI=1S/C23H24ClF3N4O2/c1-14(2)12-30-21(18-9-4-5-10-19(18)24)29-31(22(30)33)13-20(32)28-15(3)16-7-6-8-17(11-16)23(25,26)27/h4-11,14-15H,12-13H2,1-3H3,(H,28,32). The summed E-state index contributed by atoms with van der Waals surface area (Å²) in [7, 11) is 0. The molecule has 0 bridgehead atoms. The molecule has 0 radical (unpaired) electrons. The number of carbonyl (C=O) groups is 1. The number of hydrogen-bond donors (Lipinski definition) is 1. The lowest BCUT2D eigenvalue weighted by Gasteiger charge is -2.16. The second-order valence-electron chi connectivity index (χ2n) is 8.16. The molecule has 3 aromatic rings. The number of benzene rings is 2. The first kappa shape index (κ1) is 24.6. The van der Waals surface area contributed by atoms with Crippen molar-refractivity contribution in [2.75, 3.05) is 0 Å². The third-order valence-corrected chi connectivity index (χ3v) is 5.30. The van der Waals surface area contributed by atoms with Crippen LogP contribution in [0.3, 0.4) is 0 Å². The van der Waals surface area contributed by atoms with Gasteiger partial charge >= 0.3 is 11.9 Å². The number of carbonyl (C=O) groups excluding carboxylic acids is 1. The fraction of sp³-hybridized carbons (Fsp3) is 0.348. The SMILES string of the molecule is CC(C)Cn1c(-c2ccccc2Cl)nn(CC(=O)NC(C)c2cccc(C(F)(F)F)c2)c1=O. The Balaban J connectivity index is 1.84. The zero-order valence-electron chi connectivity index (χ0n) is 18.4. The minimum Gasteiger partial charge on any atom is -0.348 e. The van der Waals surface area contributed by atoms with E-state index in [-0.39, 0.29) is 12.5 Å². The lowest BCUT2D eigenvalue weighted by atomic mass is 10.0. The molecule has 33 heavy (non-hydrogen) atoms. The number of aromatic nitrogens is 3. The summed E-state index contributed by atoms with van der Waals surface area (Å²) in [6.45, 7) is 5.46. The molecule has 0 aliphatic carbocycles. The van der Waals surface area contributed by atoms with Crippen LogP contribution in [0.25, 0.3) is 11.4 Å². The normalized spacial score (nSPS) is 12.7. The molecule has 1 unspecified atom stereocenters. The molecule has 0 spiro atoms. The highest BCUT2D eigenvalue weighted by Crippen LogP contribution is 2.30. The summed E-state index contributed by atoms with van der Waals surface area (Å²) in [4.78, 5) is 25.6. The third-order valence-electron chi connectivity index (χ3n) is 4.97. The van der Waals surface area contributed by atoms with Crippen molar-refractivity contribution in [3.8, 4) is 11.4 Å². The molecule has 0 saturated heterocycles. The van der Waals surface area contributed by atoms with Crippen LogP contribution in [0.1, 0.15) is 37.9 Å². The summed E-state index contributed by atoms with van der Waals surface area (Å²) in [5.41, 5.74) is -0.407. The first-order valence-corrected chi connectivity index (χ1v) is 10.7. The summed E-state index contributed by atoms with van der Waals surface area (Å²) in [5, 5.41) is 7.38. The van der Waals surface area contributed by atoms with E-state index >= 15 is 0 Å². The van der Waals surface area contributed by atoms with Gasteiger partial charge in [-0.25, -0.2) is 9.48 Å². The third kappa shape index (κ3) is 5.84. The van der Waals surface area contributed by atoms with E-state index in [0.717, 1.165) is 16.8 Å². The van der Waals surface area contributed by atoms with Crippen molar-refractivity contribution in [1.29, 1.82) is 0 Å². The van der Waals surface area contributed by atoms with Gasteiger partial charge in [0.05, 0.1) is 16.6 Å². The lowest BCUT2D eigenvalue weighted by molar-refractivity contribution is -0.137. The summed E-state index contributed by atoms with van der Waals surface area (Å²) < 4.78 is 41.4. The number of halogens is 4. The number of amides is 1. The average Bonchev–Trinajstić information content (AvgIpc) is 3.02. The van der Waals surface area contributed by atoms with Gasteiger partial charge in [-0.05, 0) is 42.7 Å².